The quantitative estimate of drug-likeness (QED) is 0.428. The van der Waals surface area contributed by atoms with Crippen molar-refractivity contribution in [2.45, 2.75) is 25.1 Å². The lowest BCUT2D eigenvalue weighted by Crippen LogP contribution is -2.48. The van der Waals surface area contributed by atoms with Crippen molar-refractivity contribution in [2.24, 2.45) is 0 Å². The van der Waals surface area contributed by atoms with Crippen LogP contribution < -0.4 is 20.3 Å². The second kappa shape index (κ2) is 8.47. The van der Waals surface area contributed by atoms with Gasteiger partial charge in [-0.05, 0) is 36.8 Å². The average molecular weight is 517 g/mol. The fourth-order valence-electron chi connectivity index (χ4n) is 5.73. The third kappa shape index (κ3) is 3.47. The number of nitrogens with zero attached hydrogens (tertiary/aromatic N) is 5. The van der Waals surface area contributed by atoms with Crippen LogP contribution in [0.25, 0.3) is 22.3 Å². The van der Waals surface area contributed by atoms with Crippen molar-refractivity contribution in [2.75, 3.05) is 24.5 Å². The van der Waals surface area contributed by atoms with Crippen LogP contribution in [0.1, 0.15) is 40.3 Å². The van der Waals surface area contributed by atoms with E-state index in [0.29, 0.717) is 47.7 Å². The number of ether oxygens (including phenoxy) is 1. The lowest BCUT2D eigenvalue weighted by atomic mass is 9.91. The Hall–Kier alpha value is -4.61. The van der Waals surface area contributed by atoms with Crippen LogP contribution in [0.4, 0.5) is 14.7 Å². The van der Waals surface area contributed by atoms with Gasteiger partial charge in [-0.25, -0.2) is 15.0 Å². The number of imidazole rings is 1. The van der Waals surface area contributed by atoms with Crippen LogP contribution >= 0.6 is 0 Å². The molecule has 12 heteroatoms. The maximum Gasteiger partial charge on any atom is 0.387 e. The molecule has 0 radical (unpaired) electrons. The van der Waals surface area contributed by atoms with Gasteiger partial charge in [0.1, 0.15) is 11.6 Å². The molecule has 2 bridgehead atoms. The zero-order valence-electron chi connectivity index (χ0n) is 19.9. The number of hydrogen-bond acceptors (Lipinski definition) is 7. The largest absolute Gasteiger partial charge is 0.434 e. The number of nitrogens with one attached hydrogen (secondary N) is 2. The molecule has 3 aliphatic rings. The molecule has 10 nitrogen and oxygen atoms in total. The topological polar surface area (TPSA) is 114 Å². The first kappa shape index (κ1) is 22.6. The van der Waals surface area contributed by atoms with E-state index in [1.54, 1.807) is 11.0 Å². The number of anilines is 1. The van der Waals surface area contributed by atoms with Crippen LogP contribution in [0.15, 0.2) is 48.7 Å². The van der Waals surface area contributed by atoms with Gasteiger partial charge >= 0.3 is 6.61 Å². The fourth-order valence-corrected chi connectivity index (χ4v) is 5.73. The Morgan fingerprint density at radius 1 is 1.08 bits per heavy atom. The van der Waals surface area contributed by atoms with Gasteiger partial charge < -0.3 is 24.8 Å². The van der Waals surface area contributed by atoms with Gasteiger partial charge in [0.05, 0.1) is 35.4 Å². The minimum Gasteiger partial charge on any atom is -0.434 e. The van der Waals surface area contributed by atoms with E-state index in [-0.39, 0.29) is 42.1 Å². The van der Waals surface area contributed by atoms with E-state index < -0.39 is 6.61 Å². The molecule has 192 valence electrons. The molecular weight excluding hydrogens is 496 g/mol. The lowest BCUT2D eigenvalue weighted by molar-refractivity contribution is -0.120. The third-order valence-electron chi connectivity index (χ3n) is 7.23. The van der Waals surface area contributed by atoms with Crippen molar-refractivity contribution in [1.29, 1.82) is 0 Å². The van der Waals surface area contributed by atoms with Crippen LogP contribution in [-0.4, -0.2) is 57.6 Å². The van der Waals surface area contributed by atoms with Crippen LogP contribution in [-0.2, 0) is 4.79 Å². The summed E-state index contributed by atoms with van der Waals surface area (Å²) in [6.07, 6.45) is 2.02. The number of piperazine rings is 1. The molecule has 0 spiro atoms. The maximum absolute atomic E-state index is 13.6. The molecule has 2 atom stereocenters. The molecule has 38 heavy (non-hydrogen) atoms. The van der Waals surface area contributed by atoms with Gasteiger partial charge in [-0.15, -0.1) is 0 Å². The molecular formula is C26H21F2N7O3. The number of para-hydroxylation sites is 2. The molecule has 3 aliphatic heterocycles. The first-order valence-electron chi connectivity index (χ1n) is 12.2. The van der Waals surface area contributed by atoms with Crippen molar-refractivity contribution in [3.63, 3.8) is 0 Å². The van der Waals surface area contributed by atoms with Gasteiger partial charge in [0, 0.05) is 36.0 Å². The molecule has 2 aromatic carbocycles. The van der Waals surface area contributed by atoms with Gasteiger partial charge in [-0.1, -0.05) is 12.1 Å². The van der Waals surface area contributed by atoms with Gasteiger partial charge in [0.2, 0.25) is 11.9 Å². The van der Waals surface area contributed by atoms with Gasteiger partial charge in [0.15, 0.2) is 0 Å². The molecule has 1 saturated heterocycles. The van der Waals surface area contributed by atoms with Crippen LogP contribution in [0, 0.1) is 0 Å². The van der Waals surface area contributed by atoms with Crippen molar-refractivity contribution < 1.29 is 23.1 Å². The number of fused-ring (bicyclic) bond motifs is 9. The molecule has 4 aromatic rings. The molecule has 2 aromatic heterocycles. The molecule has 1 fully saturated rings. The molecule has 0 saturated carbocycles. The highest BCUT2D eigenvalue weighted by atomic mass is 19.3. The average Bonchev–Trinajstić information content (AvgIpc) is 3.41. The Morgan fingerprint density at radius 2 is 1.95 bits per heavy atom. The fraction of sp³-hybridized carbons (Fsp3) is 0.269. The van der Waals surface area contributed by atoms with Crippen molar-refractivity contribution in [1.82, 2.24) is 30.2 Å². The lowest BCUT2D eigenvalue weighted by Gasteiger charge is -2.27. The summed E-state index contributed by atoms with van der Waals surface area (Å²) < 4.78 is 34.2. The molecule has 2 N–H and O–H groups in total. The molecule has 0 aliphatic carbocycles. The molecule has 5 heterocycles. The zero-order chi connectivity index (χ0) is 26.0. The number of carbonyl (C=O) groups excluding carboxylic acids is 2. The predicted octanol–water partition coefficient (Wildman–Crippen LogP) is 2.81. The number of carbonyl (C=O) groups is 2. The second-order valence-electron chi connectivity index (χ2n) is 9.40. The standard InChI is InChI=1S/C26H21F2N7O3/c27-25(28)38-19-6-5-13-21(22(19)15-7-8-30-26(33-15)34-10-9-29-20(36)12-34)18-11-16(32-24(13)37)23-31-14-3-1-2-4-17(14)35(18)23/h1-8,16,18,25H,9-12H2,(H,29,36)(H,32,37)/t16-,18-/m1/s1. The van der Waals surface area contributed by atoms with E-state index >= 15 is 0 Å². The maximum atomic E-state index is 13.6. The van der Waals surface area contributed by atoms with Gasteiger partial charge in [-0.2, -0.15) is 8.78 Å². The van der Waals surface area contributed by atoms with E-state index in [9.17, 15) is 18.4 Å². The first-order chi connectivity index (χ1) is 18.5. The molecule has 2 amide bonds. The van der Waals surface area contributed by atoms with E-state index in [1.807, 2.05) is 24.3 Å². The SMILES string of the molecule is O=C1CN(c2nccc(-c3c(OC(F)F)ccc4c3[C@H]3C[C@@H](NC4=O)c4nc5ccccc5n43)n2)CCN1. The van der Waals surface area contributed by atoms with Gasteiger partial charge in [0.25, 0.3) is 5.91 Å². The van der Waals surface area contributed by atoms with E-state index in [1.165, 1.54) is 18.3 Å². The molecule has 7 rings (SSSR count). The highest BCUT2D eigenvalue weighted by Gasteiger charge is 2.42. The first-order valence-corrected chi connectivity index (χ1v) is 12.2. The van der Waals surface area contributed by atoms with E-state index in [2.05, 4.69) is 25.2 Å². The third-order valence-corrected chi connectivity index (χ3v) is 7.23. The second-order valence-corrected chi connectivity index (χ2v) is 9.40. The number of alkyl halides is 2. The Morgan fingerprint density at radius 3 is 2.79 bits per heavy atom. The summed E-state index contributed by atoms with van der Waals surface area (Å²) in [4.78, 5) is 40.8. The molecule has 0 unspecified atom stereocenters. The Labute approximate surface area is 214 Å². The monoisotopic (exact) mass is 517 g/mol. The van der Waals surface area contributed by atoms with Crippen molar-refractivity contribution in [3.05, 3.63) is 65.6 Å². The number of rotatable bonds is 4. The number of amides is 2. The van der Waals surface area contributed by atoms with Crippen LogP contribution in [0.2, 0.25) is 0 Å². The number of aromatic nitrogens is 4. The highest BCUT2D eigenvalue weighted by Crippen LogP contribution is 2.49. The summed E-state index contributed by atoms with van der Waals surface area (Å²) in [6.45, 7) is -2.07. The zero-order valence-corrected chi connectivity index (χ0v) is 19.9. The number of halogens is 2. The van der Waals surface area contributed by atoms with E-state index in [0.717, 1.165) is 11.0 Å². The van der Waals surface area contributed by atoms with Crippen LogP contribution in [0.5, 0.6) is 5.75 Å². The minimum atomic E-state index is -3.08. The highest BCUT2D eigenvalue weighted by molar-refractivity contribution is 6.00. The Bertz CT molecular complexity index is 1620. The summed E-state index contributed by atoms with van der Waals surface area (Å²) in [6, 6.07) is 11.4. The summed E-state index contributed by atoms with van der Waals surface area (Å²) in [5.41, 5.74) is 3.16. The van der Waals surface area contributed by atoms with Gasteiger partial charge in [-0.3, -0.25) is 9.59 Å². The smallest absolute Gasteiger partial charge is 0.387 e. The van der Waals surface area contributed by atoms with Crippen LogP contribution in [0.3, 0.4) is 0 Å². The predicted molar refractivity (Wildman–Crippen MR) is 132 cm³/mol. The normalized spacial score (nSPS) is 20.1. The minimum absolute atomic E-state index is 0.0772. The Balaban J connectivity index is 1.46. The van der Waals surface area contributed by atoms with Crippen molar-refractivity contribution in [3.8, 4) is 17.0 Å². The summed E-state index contributed by atoms with van der Waals surface area (Å²) >= 11 is 0. The summed E-state index contributed by atoms with van der Waals surface area (Å²) in [5, 5.41) is 5.81. The summed E-state index contributed by atoms with van der Waals surface area (Å²) in [7, 11) is 0. The number of hydrogen-bond donors (Lipinski definition) is 2. The van der Waals surface area contributed by atoms with Crippen molar-refractivity contribution >= 4 is 28.8 Å². The van der Waals surface area contributed by atoms with E-state index in [4.69, 9.17) is 9.72 Å². The number of benzene rings is 2. The summed E-state index contributed by atoms with van der Waals surface area (Å²) in [5.74, 6) is 0.424. The Kier molecular flexibility index (Phi) is 5.03.